The molecule has 0 saturated carbocycles. The van der Waals surface area contributed by atoms with Gasteiger partial charge in [-0.3, -0.25) is 4.57 Å². The first-order valence-electron chi connectivity index (χ1n) is 3.40. The highest BCUT2D eigenvalue weighted by molar-refractivity contribution is 5.83. The van der Waals surface area contributed by atoms with E-state index in [-0.39, 0.29) is 5.82 Å². The van der Waals surface area contributed by atoms with E-state index in [1.165, 1.54) is 23.4 Å². The Kier molecular flexibility index (Phi) is 1.55. The fraction of sp³-hybridized carbons (Fsp3) is 0. The van der Waals surface area contributed by atoms with E-state index >= 15 is 0 Å². The van der Waals surface area contributed by atoms with Gasteiger partial charge in [-0.2, -0.15) is 0 Å². The molecule has 0 fully saturated rings. The maximum Gasteiger partial charge on any atom is 0.371 e. The molecule has 7 nitrogen and oxygen atoms in total. The minimum absolute atomic E-state index is 0.108. The van der Waals surface area contributed by atoms with Crippen LogP contribution < -0.4 is 0 Å². The van der Waals surface area contributed by atoms with Crippen LogP contribution in [-0.4, -0.2) is 35.8 Å². The van der Waals surface area contributed by atoms with Crippen LogP contribution in [0.15, 0.2) is 18.9 Å². The van der Waals surface area contributed by atoms with E-state index in [4.69, 9.17) is 5.11 Å². The van der Waals surface area contributed by atoms with E-state index in [0.717, 1.165) is 0 Å². The topological polar surface area (TPSA) is 96.7 Å². The van der Waals surface area contributed by atoms with E-state index in [9.17, 15) is 4.79 Å². The van der Waals surface area contributed by atoms with Gasteiger partial charge in [0, 0.05) is 0 Å². The van der Waals surface area contributed by atoms with Crippen molar-refractivity contribution in [3.05, 3.63) is 24.7 Å². The van der Waals surface area contributed by atoms with Crippen LogP contribution in [0.4, 0.5) is 0 Å². The maximum absolute atomic E-state index is 10.4. The summed E-state index contributed by atoms with van der Waals surface area (Å²) in [7, 11) is 0. The number of aromatic nitrogens is 5. The summed E-state index contributed by atoms with van der Waals surface area (Å²) in [6.45, 7) is 0. The van der Waals surface area contributed by atoms with Gasteiger partial charge in [-0.15, -0.1) is 10.2 Å². The molecule has 2 N–H and O–H groups in total. The SMILES string of the molecule is O=C(O)c1ncc(-n2cnnc2)[nH]1. The lowest BCUT2D eigenvalue weighted by Crippen LogP contribution is -1.99. The third-order valence-electron chi connectivity index (χ3n) is 1.46. The minimum Gasteiger partial charge on any atom is -0.475 e. The van der Waals surface area contributed by atoms with Gasteiger partial charge in [0.2, 0.25) is 5.82 Å². The number of nitrogens with zero attached hydrogens (tertiary/aromatic N) is 4. The van der Waals surface area contributed by atoms with E-state index in [2.05, 4.69) is 20.2 Å². The second kappa shape index (κ2) is 2.70. The lowest BCUT2D eigenvalue weighted by atomic mass is 10.6. The Morgan fingerprint density at radius 1 is 1.46 bits per heavy atom. The average molecular weight is 179 g/mol. The lowest BCUT2D eigenvalue weighted by molar-refractivity contribution is 0.0684. The van der Waals surface area contributed by atoms with Crippen LogP contribution in [0.2, 0.25) is 0 Å². The van der Waals surface area contributed by atoms with Crippen LogP contribution in [0.1, 0.15) is 10.6 Å². The summed E-state index contributed by atoms with van der Waals surface area (Å²) in [5.41, 5.74) is 0. The second-order valence-corrected chi connectivity index (χ2v) is 2.29. The number of carbonyl (C=O) groups is 1. The van der Waals surface area contributed by atoms with Gasteiger partial charge < -0.3 is 10.1 Å². The Morgan fingerprint density at radius 2 is 2.15 bits per heavy atom. The van der Waals surface area contributed by atoms with Crippen molar-refractivity contribution in [2.24, 2.45) is 0 Å². The van der Waals surface area contributed by atoms with Crippen molar-refractivity contribution in [1.82, 2.24) is 24.7 Å². The quantitative estimate of drug-likeness (QED) is 0.659. The van der Waals surface area contributed by atoms with Crippen molar-refractivity contribution < 1.29 is 9.90 Å². The number of nitrogens with one attached hydrogen (secondary N) is 1. The Hall–Kier alpha value is -2.18. The first kappa shape index (κ1) is 7.47. The van der Waals surface area contributed by atoms with Crippen molar-refractivity contribution >= 4 is 5.97 Å². The number of carboxylic acids is 1. The summed E-state index contributed by atoms with van der Waals surface area (Å²) in [5.74, 6) is -0.689. The molecule has 0 radical (unpaired) electrons. The molecule has 0 aliphatic carbocycles. The number of rotatable bonds is 2. The van der Waals surface area contributed by atoms with Gasteiger partial charge in [-0.05, 0) is 0 Å². The maximum atomic E-state index is 10.4. The summed E-state index contributed by atoms with van der Waals surface area (Å²) in [5, 5.41) is 15.7. The average Bonchev–Trinajstić information content (AvgIpc) is 2.75. The van der Waals surface area contributed by atoms with Crippen molar-refractivity contribution in [2.45, 2.75) is 0 Å². The fourth-order valence-electron chi connectivity index (χ4n) is 0.877. The van der Waals surface area contributed by atoms with Crippen molar-refractivity contribution in [1.29, 1.82) is 0 Å². The van der Waals surface area contributed by atoms with Crippen molar-refractivity contribution in [3.63, 3.8) is 0 Å². The largest absolute Gasteiger partial charge is 0.475 e. The van der Waals surface area contributed by atoms with E-state index in [1.54, 1.807) is 0 Å². The molecule has 0 saturated heterocycles. The molecule has 0 aliphatic rings. The number of aromatic carboxylic acids is 1. The zero-order valence-electron chi connectivity index (χ0n) is 6.38. The normalized spacial score (nSPS) is 10.2. The molecule has 0 unspecified atom stereocenters. The highest BCUT2D eigenvalue weighted by atomic mass is 16.4. The molecule has 0 atom stereocenters. The third kappa shape index (κ3) is 1.26. The minimum atomic E-state index is -1.10. The molecule has 13 heavy (non-hydrogen) atoms. The van der Waals surface area contributed by atoms with E-state index in [1.807, 2.05) is 0 Å². The molecular formula is C6H5N5O2. The molecule has 0 aliphatic heterocycles. The molecular weight excluding hydrogens is 174 g/mol. The Bertz CT molecular complexity index is 418. The van der Waals surface area contributed by atoms with Gasteiger partial charge in [0.25, 0.3) is 0 Å². The zero-order valence-corrected chi connectivity index (χ0v) is 6.38. The predicted molar refractivity (Wildman–Crippen MR) is 40.5 cm³/mol. The summed E-state index contributed by atoms with van der Waals surface area (Å²) >= 11 is 0. The van der Waals surface area contributed by atoms with Gasteiger partial charge in [0.05, 0.1) is 6.20 Å². The van der Waals surface area contributed by atoms with Crippen molar-refractivity contribution in [3.8, 4) is 5.82 Å². The highest BCUT2D eigenvalue weighted by Gasteiger charge is 2.08. The Balaban J connectivity index is 2.39. The molecule has 2 aromatic heterocycles. The second-order valence-electron chi connectivity index (χ2n) is 2.29. The molecule has 2 rings (SSSR count). The highest BCUT2D eigenvalue weighted by Crippen LogP contribution is 2.02. The number of H-pyrrole nitrogens is 1. The standard InChI is InChI=1S/C6H5N5O2/c12-6(13)5-7-1-4(10-5)11-2-8-9-3-11/h1-3H,(H,7,10)(H,12,13). The van der Waals surface area contributed by atoms with Crippen LogP contribution in [0.5, 0.6) is 0 Å². The molecule has 2 heterocycles. The van der Waals surface area contributed by atoms with E-state index in [0.29, 0.717) is 5.82 Å². The smallest absolute Gasteiger partial charge is 0.371 e. The zero-order chi connectivity index (χ0) is 9.26. The summed E-state index contributed by atoms with van der Waals surface area (Å²) in [4.78, 5) is 16.7. The number of aromatic amines is 1. The van der Waals surface area contributed by atoms with Crippen LogP contribution in [-0.2, 0) is 0 Å². The van der Waals surface area contributed by atoms with Gasteiger partial charge in [0.1, 0.15) is 18.5 Å². The molecule has 0 bridgehead atoms. The van der Waals surface area contributed by atoms with Crippen molar-refractivity contribution in [2.75, 3.05) is 0 Å². The number of hydrogen-bond acceptors (Lipinski definition) is 4. The van der Waals surface area contributed by atoms with Crippen LogP contribution in [0.25, 0.3) is 5.82 Å². The lowest BCUT2D eigenvalue weighted by Gasteiger charge is -1.92. The third-order valence-corrected chi connectivity index (χ3v) is 1.46. The number of hydrogen-bond donors (Lipinski definition) is 2. The number of imidazole rings is 1. The molecule has 0 aromatic carbocycles. The molecule has 2 aromatic rings. The molecule has 0 spiro atoms. The molecule has 66 valence electrons. The van der Waals surface area contributed by atoms with Crippen LogP contribution >= 0.6 is 0 Å². The Labute approximate surface area is 72.1 Å². The first-order chi connectivity index (χ1) is 6.27. The van der Waals surface area contributed by atoms with E-state index < -0.39 is 5.97 Å². The summed E-state index contributed by atoms with van der Waals surface area (Å²) < 4.78 is 1.53. The monoisotopic (exact) mass is 179 g/mol. The molecule has 7 heteroatoms. The van der Waals surface area contributed by atoms with Gasteiger partial charge >= 0.3 is 5.97 Å². The number of carboxylic acid groups (broad SMARTS) is 1. The Morgan fingerprint density at radius 3 is 2.69 bits per heavy atom. The summed E-state index contributed by atoms with van der Waals surface area (Å²) in [6.07, 6.45) is 4.28. The predicted octanol–water partition coefficient (Wildman–Crippen LogP) is -0.311. The first-order valence-corrected chi connectivity index (χ1v) is 3.40. The van der Waals surface area contributed by atoms with Gasteiger partial charge in [0.15, 0.2) is 0 Å². The van der Waals surface area contributed by atoms with Crippen LogP contribution in [0.3, 0.4) is 0 Å². The van der Waals surface area contributed by atoms with Crippen LogP contribution in [0, 0.1) is 0 Å². The van der Waals surface area contributed by atoms with Gasteiger partial charge in [-0.25, -0.2) is 9.78 Å². The summed E-state index contributed by atoms with van der Waals surface area (Å²) in [6, 6.07) is 0. The fourth-order valence-corrected chi connectivity index (χ4v) is 0.877. The van der Waals surface area contributed by atoms with Gasteiger partial charge in [-0.1, -0.05) is 0 Å². The molecule has 0 amide bonds.